The van der Waals surface area contributed by atoms with Gasteiger partial charge in [-0.2, -0.15) is 5.26 Å². The number of nitrogens with one attached hydrogen (secondary N) is 2. The van der Waals surface area contributed by atoms with E-state index in [-0.39, 0.29) is 6.42 Å². The quantitative estimate of drug-likeness (QED) is 0.463. The molecule has 0 saturated heterocycles. The van der Waals surface area contributed by atoms with Crippen molar-refractivity contribution >= 4 is 16.9 Å². The zero-order chi connectivity index (χ0) is 19.3. The molecule has 1 unspecified atom stereocenters. The van der Waals surface area contributed by atoms with Crippen molar-refractivity contribution in [1.29, 1.82) is 5.26 Å². The van der Waals surface area contributed by atoms with Crippen molar-refractivity contribution in [1.82, 2.24) is 10.3 Å². The first kappa shape index (κ1) is 19.0. The Balaban J connectivity index is 1.84. The van der Waals surface area contributed by atoms with Gasteiger partial charge in [0.1, 0.15) is 11.6 Å². The lowest BCUT2D eigenvalue weighted by atomic mass is 9.89. The fourth-order valence-electron chi connectivity index (χ4n) is 3.87. The summed E-state index contributed by atoms with van der Waals surface area (Å²) in [6, 6.07) is 8.75. The van der Waals surface area contributed by atoms with E-state index < -0.39 is 17.6 Å². The summed E-state index contributed by atoms with van der Waals surface area (Å²) in [5.74, 6) is -1.01. The highest BCUT2D eigenvalue weighted by atomic mass is 16.4. The summed E-state index contributed by atoms with van der Waals surface area (Å²) < 4.78 is 0. The Bertz CT molecular complexity index is 870. The average Bonchev–Trinajstić information content (AvgIpc) is 2.92. The van der Waals surface area contributed by atoms with Crippen LogP contribution < -0.4 is 5.32 Å². The molecular formula is C21H25N3O3. The van der Waals surface area contributed by atoms with E-state index in [2.05, 4.69) is 10.3 Å². The maximum Gasteiger partial charge on any atom is 0.326 e. The molecule has 6 heteroatoms. The minimum atomic E-state index is -1.17. The third kappa shape index (κ3) is 4.32. The van der Waals surface area contributed by atoms with Crippen LogP contribution in [0.25, 0.3) is 10.9 Å². The lowest BCUT2D eigenvalue weighted by Crippen LogP contribution is -2.46. The smallest absolute Gasteiger partial charge is 0.326 e. The highest BCUT2D eigenvalue weighted by Crippen LogP contribution is 2.32. The maximum atomic E-state index is 11.9. The number of aliphatic carboxylic acids is 1. The summed E-state index contributed by atoms with van der Waals surface area (Å²) in [5.41, 5.74) is 0.987. The Morgan fingerprint density at radius 2 is 2.00 bits per heavy atom. The van der Waals surface area contributed by atoms with Crippen molar-refractivity contribution in [2.24, 2.45) is 0 Å². The standard InChI is InChI=1S/C21H25N3O3/c22-12-9-19(21(27)10-5-1-2-6-11-21)24-18(20(25)26)13-15-14-23-17-8-4-3-7-16(15)17/h3-4,7-9,14,18,23-24,27H,1-2,5-6,10-11,13H2,(H,25,26)/b19-9+. The van der Waals surface area contributed by atoms with Crippen molar-refractivity contribution in [3.05, 3.63) is 47.8 Å². The Morgan fingerprint density at radius 1 is 1.30 bits per heavy atom. The summed E-state index contributed by atoms with van der Waals surface area (Å²) in [4.78, 5) is 15.0. The monoisotopic (exact) mass is 367 g/mol. The van der Waals surface area contributed by atoms with Crippen LogP contribution in [-0.2, 0) is 11.2 Å². The van der Waals surface area contributed by atoms with Crippen molar-refractivity contribution < 1.29 is 15.0 Å². The van der Waals surface area contributed by atoms with Crippen LogP contribution >= 0.6 is 0 Å². The van der Waals surface area contributed by atoms with Crippen LogP contribution in [0.3, 0.4) is 0 Å². The molecule has 27 heavy (non-hydrogen) atoms. The second-order valence-electron chi connectivity index (χ2n) is 7.23. The molecule has 0 spiro atoms. The topological polar surface area (TPSA) is 109 Å². The van der Waals surface area contributed by atoms with Crippen LogP contribution in [0.5, 0.6) is 0 Å². The average molecular weight is 367 g/mol. The van der Waals surface area contributed by atoms with Crippen LogP contribution in [0.1, 0.15) is 44.1 Å². The van der Waals surface area contributed by atoms with Gasteiger partial charge in [0, 0.05) is 29.6 Å². The van der Waals surface area contributed by atoms with Crippen LogP contribution in [0.15, 0.2) is 42.2 Å². The zero-order valence-corrected chi connectivity index (χ0v) is 15.2. The van der Waals surface area contributed by atoms with Gasteiger partial charge in [-0.15, -0.1) is 0 Å². The van der Waals surface area contributed by atoms with Gasteiger partial charge in [-0.3, -0.25) is 0 Å². The zero-order valence-electron chi connectivity index (χ0n) is 15.2. The van der Waals surface area contributed by atoms with Crippen LogP contribution in [0.2, 0.25) is 0 Å². The third-order valence-corrected chi connectivity index (χ3v) is 5.37. The molecule has 4 N–H and O–H groups in total. The second kappa shape index (κ2) is 8.28. The lowest BCUT2D eigenvalue weighted by molar-refractivity contribution is -0.139. The number of carboxylic acids is 1. The van der Waals surface area contributed by atoms with Crippen molar-refractivity contribution in [3.8, 4) is 6.07 Å². The van der Waals surface area contributed by atoms with Crippen molar-refractivity contribution in [2.75, 3.05) is 0 Å². The summed E-state index contributed by atoms with van der Waals surface area (Å²) in [5, 5.41) is 33.9. The van der Waals surface area contributed by atoms with E-state index in [9.17, 15) is 20.3 Å². The molecule has 1 fully saturated rings. The van der Waals surface area contributed by atoms with E-state index in [1.54, 1.807) is 0 Å². The van der Waals surface area contributed by atoms with E-state index in [1.807, 2.05) is 36.5 Å². The number of aliphatic hydroxyl groups is 1. The predicted octanol–water partition coefficient (Wildman–Crippen LogP) is 3.25. The summed E-state index contributed by atoms with van der Waals surface area (Å²) in [7, 11) is 0. The van der Waals surface area contributed by atoms with E-state index >= 15 is 0 Å². The number of H-pyrrole nitrogens is 1. The number of hydrogen-bond donors (Lipinski definition) is 4. The molecule has 1 aromatic carbocycles. The molecule has 1 saturated carbocycles. The van der Waals surface area contributed by atoms with Crippen molar-refractivity contribution in [2.45, 2.75) is 56.6 Å². The highest BCUT2D eigenvalue weighted by molar-refractivity contribution is 5.84. The fourth-order valence-corrected chi connectivity index (χ4v) is 3.87. The molecule has 0 bridgehead atoms. The van der Waals surface area contributed by atoms with E-state index in [4.69, 9.17) is 0 Å². The first-order chi connectivity index (χ1) is 13.0. The number of para-hydroxylation sites is 1. The van der Waals surface area contributed by atoms with E-state index in [0.717, 1.165) is 42.1 Å². The van der Waals surface area contributed by atoms with Crippen LogP contribution in [0.4, 0.5) is 0 Å². The number of nitriles is 1. The molecule has 142 valence electrons. The summed E-state index contributed by atoms with van der Waals surface area (Å²) in [6.45, 7) is 0. The molecule has 3 rings (SSSR count). The Kier molecular flexibility index (Phi) is 5.82. The molecule has 1 aliphatic carbocycles. The lowest BCUT2D eigenvalue weighted by Gasteiger charge is -2.32. The minimum absolute atomic E-state index is 0.248. The molecule has 0 radical (unpaired) electrons. The van der Waals surface area contributed by atoms with Gasteiger partial charge in [-0.1, -0.05) is 43.9 Å². The number of carbonyl (C=O) groups is 1. The van der Waals surface area contributed by atoms with Gasteiger partial charge in [-0.05, 0) is 24.5 Å². The number of carboxylic acid groups (broad SMARTS) is 1. The normalized spacial score (nSPS) is 18.4. The number of allylic oxidation sites excluding steroid dienone is 1. The van der Waals surface area contributed by atoms with Gasteiger partial charge >= 0.3 is 5.97 Å². The largest absolute Gasteiger partial charge is 0.480 e. The first-order valence-electron chi connectivity index (χ1n) is 9.40. The Morgan fingerprint density at radius 3 is 2.67 bits per heavy atom. The summed E-state index contributed by atoms with van der Waals surface area (Å²) >= 11 is 0. The third-order valence-electron chi connectivity index (χ3n) is 5.37. The molecule has 0 aliphatic heterocycles. The first-order valence-corrected chi connectivity index (χ1v) is 9.40. The molecule has 1 heterocycles. The molecule has 0 amide bonds. The second-order valence-corrected chi connectivity index (χ2v) is 7.23. The molecule has 1 aliphatic rings. The van der Waals surface area contributed by atoms with Gasteiger partial charge in [0.05, 0.1) is 11.8 Å². The van der Waals surface area contributed by atoms with Gasteiger partial charge in [0.25, 0.3) is 0 Å². The van der Waals surface area contributed by atoms with Crippen LogP contribution in [0, 0.1) is 11.3 Å². The minimum Gasteiger partial charge on any atom is -0.480 e. The number of nitrogens with zero attached hydrogens (tertiary/aromatic N) is 1. The van der Waals surface area contributed by atoms with Gasteiger partial charge < -0.3 is 20.5 Å². The maximum absolute atomic E-state index is 11.9. The van der Waals surface area contributed by atoms with E-state index in [0.29, 0.717) is 18.5 Å². The van der Waals surface area contributed by atoms with E-state index in [1.165, 1.54) is 6.08 Å². The predicted molar refractivity (Wildman–Crippen MR) is 103 cm³/mol. The van der Waals surface area contributed by atoms with Gasteiger partial charge in [-0.25, -0.2) is 4.79 Å². The number of aromatic nitrogens is 1. The van der Waals surface area contributed by atoms with Gasteiger partial charge in [0.15, 0.2) is 0 Å². The van der Waals surface area contributed by atoms with Crippen LogP contribution in [-0.4, -0.2) is 32.8 Å². The van der Waals surface area contributed by atoms with Crippen molar-refractivity contribution in [3.63, 3.8) is 0 Å². The molecule has 1 aromatic heterocycles. The number of benzene rings is 1. The van der Waals surface area contributed by atoms with Gasteiger partial charge in [0.2, 0.25) is 0 Å². The summed E-state index contributed by atoms with van der Waals surface area (Å²) in [6.07, 6.45) is 8.20. The Hall–Kier alpha value is -2.78. The molecule has 1 atom stereocenters. The number of aromatic amines is 1. The number of hydrogen-bond acceptors (Lipinski definition) is 4. The SMILES string of the molecule is N#C/C=C(/NC(Cc1c[nH]c2ccccc12)C(=O)O)C1(O)CCCCCC1. The Labute approximate surface area is 158 Å². The number of rotatable bonds is 6. The molecular weight excluding hydrogens is 342 g/mol. The molecule has 6 nitrogen and oxygen atoms in total. The highest BCUT2D eigenvalue weighted by Gasteiger charge is 2.35. The number of fused-ring (bicyclic) bond motifs is 1. The fraction of sp³-hybridized carbons (Fsp3) is 0.429. The molecule has 2 aromatic rings.